The minimum Gasteiger partial charge on any atom is -0.516 e. The average molecular weight is 483 g/mol. The Balaban J connectivity index is 4.24. The van der Waals surface area contributed by atoms with E-state index in [1.165, 1.54) is 63.5 Å². The molecule has 0 spiro atoms. The molecule has 0 aromatic rings. The van der Waals surface area contributed by atoms with Gasteiger partial charge < -0.3 is 9.16 Å². The summed E-state index contributed by atoms with van der Waals surface area (Å²) in [6, 6.07) is 3.10. The summed E-state index contributed by atoms with van der Waals surface area (Å²) < 4.78 is 11.4. The molecule has 0 amide bonds. The van der Waals surface area contributed by atoms with Crippen molar-refractivity contribution in [1.29, 1.82) is 0 Å². The minimum atomic E-state index is -2.10. The van der Waals surface area contributed by atoms with Crippen molar-refractivity contribution in [3.8, 4) is 0 Å². The molecule has 0 fully saturated rings. The highest BCUT2D eigenvalue weighted by Gasteiger charge is 2.36. The van der Waals surface area contributed by atoms with Gasteiger partial charge in [0.25, 0.3) is 8.32 Å². The lowest BCUT2D eigenvalue weighted by Crippen LogP contribution is -2.40. The molecular formula is C28H54O4Si. The van der Waals surface area contributed by atoms with E-state index in [4.69, 9.17) is 9.16 Å². The van der Waals surface area contributed by atoms with Crippen LogP contribution in [0.15, 0.2) is 12.2 Å². The number of unbranched alkanes of at least 4 members (excludes halogenated alkanes) is 12. The Kier molecular flexibility index (Phi) is 21.9. The van der Waals surface area contributed by atoms with E-state index in [1.807, 2.05) is 0 Å². The average Bonchev–Trinajstić information content (AvgIpc) is 2.82. The van der Waals surface area contributed by atoms with E-state index in [-0.39, 0.29) is 5.97 Å². The number of hydrogen-bond acceptors (Lipinski definition) is 4. The molecule has 0 saturated carbocycles. The Hall–Kier alpha value is -1.10. The van der Waals surface area contributed by atoms with Crippen LogP contribution in [-0.4, -0.2) is 26.9 Å². The Morgan fingerprint density at radius 2 is 0.939 bits per heavy atom. The Morgan fingerprint density at radius 3 is 1.39 bits per heavy atom. The zero-order chi connectivity index (χ0) is 24.6. The predicted molar refractivity (Wildman–Crippen MR) is 143 cm³/mol. The molecule has 0 radical (unpaired) electrons. The highest BCUT2D eigenvalue weighted by atomic mass is 28.4. The van der Waals surface area contributed by atoms with Crippen LogP contribution in [0.4, 0.5) is 0 Å². The van der Waals surface area contributed by atoms with Crippen molar-refractivity contribution >= 4 is 20.3 Å². The number of rotatable bonds is 23. The van der Waals surface area contributed by atoms with E-state index in [9.17, 15) is 9.59 Å². The molecule has 0 heterocycles. The maximum absolute atomic E-state index is 12.5. The molecule has 5 heteroatoms. The first kappa shape index (κ1) is 31.9. The van der Waals surface area contributed by atoms with Crippen molar-refractivity contribution in [3.63, 3.8) is 0 Å². The van der Waals surface area contributed by atoms with E-state index < -0.39 is 14.3 Å². The third-order valence-electron chi connectivity index (χ3n) is 6.37. The first-order valence-corrected chi connectivity index (χ1v) is 16.6. The van der Waals surface area contributed by atoms with Crippen LogP contribution >= 0.6 is 0 Å². The fourth-order valence-corrected chi connectivity index (χ4v) is 8.76. The third-order valence-corrected chi connectivity index (χ3v) is 10.8. The van der Waals surface area contributed by atoms with Crippen LogP contribution in [0, 0.1) is 0 Å². The minimum absolute atomic E-state index is 0.360. The van der Waals surface area contributed by atoms with Gasteiger partial charge in [0, 0.05) is 12.2 Å². The van der Waals surface area contributed by atoms with Crippen LogP contribution in [0.5, 0.6) is 0 Å². The van der Waals surface area contributed by atoms with Gasteiger partial charge in [-0.05, 0) is 24.6 Å². The van der Waals surface area contributed by atoms with Gasteiger partial charge in [-0.15, -0.1) is 0 Å². The highest BCUT2D eigenvalue weighted by Crippen LogP contribution is 2.30. The van der Waals surface area contributed by atoms with Gasteiger partial charge in [-0.2, -0.15) is 0 Å². The summed E-state index contributed by atoms with van der Waals surface area (Å²) in [5, 5.41) is 0. The normalized spacial score (nSPS) is 11.8. The van der Waals surface area contributed by atoms with Crippen molar-refractivity contribution in [3.05, 3.63) is 12.2 Å². The zero-order valence-electron chi connectivity index (χ0n) is 22.4. The summed E-state index contributed by atoms with van der Waals surface area (Å²) in [5.74, 6) is -0.799. The zero-order valence-corrected chi connectivity index (χ0v) is 23.4. The van der Waals surface area contributed by atoms with Gasteiger partial charge in [0.1, 0.15) is 0 Å². The second-order valence-electron chi connectivity index (χ2n) is 9.60. The van der Waals surface area contributed by atoms with Gasteiger partial charge >= 0.3 is 11.9 Å². The molecule has 0 atom stereocenters. The molecule has 4 nitrogen and oxygen atoms in total. The summed E-state index contributed by atoms with van der Waals surface area (Å²) in [5.41, 5.74) is 0. The Labute approximate surface area is 206 Å². The lowest BCUT2D eigenvalue weighted by Gasteiger charge is -2.31. The quantitative estimate of drug-likeness (QED) is 0.0631. The standard InChI is InChI=1S/C28H54O4Si/c1-5-9-13-14-15-16-17-18-19-20-23-31-27(29)21-22-28(30)32-33(24-10-6-2,25-11-7-3)26-12-8-4/h21-22H,5-20,23-26H2,1-4H3. The second kappa shape index (κ2) is 22.7. The first-order chi connectivity index (χ1) is 16.0. The summed E-state index contributed by atoms with van der Waals surface area (Å²) >= 11 is 0. The van der Waals surface area contributed by atoms with E-state index in [0.717, 1.165) is 69.5 Å². The maximum atomic E-state index is 12.5. The summed E-state index contributed by atoms with van der Waals surface area (Å²) in [7, 11) is -2.10. The van der Waals surface area contributed by atoms with Crippen LogP contribution in [0.1, 0.15) is 130 Å². The van der Waals surface area contributed by atoms with Crippen LogP contribution in [0.3, 0.4) is 0 Å². The molecule has 0 aromatic heterocycles. The van der Waals surface area contributed by atoms with Gasteiger partial charge in [0.05, 0.1) is 6.61 Å². The monoisotopic (exact) mass is 482 g/mol. The fraction of sp³-hybridized carbons (Fsp3) is 0.857. The number of esters is 1. The SMILES string of the molecule is CCCCCCCCCCCCOC(=O)C=CC(=O)O[Si](CCCC)(CCCC)CCCC. The maximum Gasteiger partial charge on any atom is 0.331 e. The smallest absolute Gasteiger partial charge is 0.331 e. The van der Waals surface area contributed by atoms with Crippen LogP contribution in [0.25, 0.3) is 0 Å². The van der Waals surface area contributed by atoms with Gasteiger partial charge in [0.2, 0.25) is 0 Å². The molecule has 0 aromatic carbocycles. The third kappa shape index (κ3) is 19.0. The summed E-state index contributed by atoms with van der Waals surface area (Å²) in [4.78, 5) is 24.5. The molecule has 0 aliphatic carbocycles. The van der Waals surface area contributed by atoms with Crippen molar-refractivity contribution in [1.82, 2.24) is 0 Å². The van der Waals surface area contributed by atoms with Crippen molar-refractivity contribution in [2.75, 3.05) is 6.61 Å². The van der Waals surface area contributed by atoms with E-state index in [2.05, 4.69) is 27.7 Å². The van der Waals surface area contributed by atoms with E-state index in [1.54, 1.807) is 0 Å². The molecule has 0 saturated heterocycles. The Morgan fingerprint density at radius 1 is 0.545 bits per heavy atom. The van der Waals surface area contributed by atoms with Crippen LogP contribution < -0.4 is 0 Å². The topological polar surface area (TPSA) is 52.6 Å². The van der Waals surface area contributed by atoms with Crippen molar-refractivity contribution in [2.45, 2.75) is 149 Å². The van der Waals surface area contributed by atoms with Crippen molar-refractivity contribution < 1.29 is 18.8 Å². The summed E-state index contributed by atoms with van der Waals surface area (Å²) in [6.45, 7) is 9.23. The molecule has 194 valence electrons. The molecule has 0 N–H and O–H groups in total. The lowest BCUT2D eigenvalue weighted by atomic mass is 10.1. The first-order valence-electron chi connectivity index (χ1n) is 14.1. The second-order valence-corrected chi connectivity index (χ2v) is 13.7. The number of carbonyl (C=O) groups is 2. The van der Waals surface area contributed by atoms with Gasteiger partial charge in [-0.3, -0.25) is 0 Å². The number of ether oxygens (including phenoxy) is 1. The molecular weight excluding hydrogens is 428 g/mol. The molecule has 0 rings (SSSR count). The van der Waals surface area contributed by atoms with Gasteiger partial charge in [-0.25, -0.2) is 9.59 Å². The van der Waals surface area contributed by atoms with Crippen LogP contribution in [0.2, 0.25) is 18.1 Å². The fourth-order valence-electron chi connectivity index (χ4n) is 4.22. The molecule has 0 aliphatic heterocycles. The molecule has 0 bridgehead atoms. The van der Waals surface area contributed by atoms with Crippen molar-refractivity contribution in [2.24, 2.45) is 0 Å². The summed E-state index contributed by atoms with van der Waals surface area (Å²) in [6.07, 6.45) is 21.7. The molecule has 0 aliphatic rings. The number of hydrogen-bond donors (Lipinski definition) is 0. The highest BCUT2D eigenvalue weighted by molar-refractivity contribution is 6.75. The Bertz CT molecular complexity index is 482. The molecule has 33 heavy (non-hydrogen) atoms. The predicted octanol–water partition coefficient (Wildman–Crippen LogP) is 8.90. The number of carbonyl (C=O) groups excluding carboxylic acids is 2. The largest absolute Gasteiger partial charge is 0.516 e. The lowest BCUT2D eigenvalue weighted by molar-refractivity contribution is -0.138. The van der Waals surface area contributed by atoms with E-state index in [0.29, 0.717) is 6.61 Å². The van der Waals surface area contributed by atoms with Crippen LogP contribution in [-0.2, 0) is 18.8 Å². The van der Waals surface area contributed by atoms with E-state index >= 15 is 0 Å². The van der Waals surface area contributed by atoms with Gasteiger partial charge in [-0.1, -0.05) is 124 Å². The molecule has 0 unspecified atom stereocenters. The van der Waals surface area contributed by atoms with Gasteiger partial charge in [0.15, 0.2) is 0 Å².